The van der Waals surface area contributed by atoms with Gasteiger partial charge in [-0.3, -0.25) is 0 Å². The first kappa shape index (κ1) is 15.9. The molecule has 0 heterocycles. The molecule has 1 unspecified atom stereocenters. The highest BCUT2D eigenvalue weighted by Crippen LogP contribution is 2.19. The van der Waals surface area contributed by atoms with Crippen LogP contribution in [0.4, 0.5) is 0 Å². The maximum Gasteiger partial charge on any atom is 0.241 e. The first-order valence-electron chi connectivity index (χ1n) is 7.35. The summed E-state index contributed by atoms with van der Waals surface area (Å²) in [6, 6.07) is 18.0. The Kier molecular flexibility index (Phi) is 6.61. The van der Waals surface area contributed by atoms with Crippen molar-refractivity contribution in [1.82, 2.24) is 0 Å². The maximum atomic E-state index is 5.96. The van der Waals surface area contributed by atoms with Crippen molar-refractivity contribution < 1.29 is 9.47 Å². The lowest BCUT2D eigenvalue weighted by Gasteiger charge is -2.20. The van der Waals surface area contributed by atoms with E-state index < -0.39 is 0 Å². The molecular formula is C18H21BrO2. The normalized spacial score (nSPS) is 11.9. The Labute approximate surface area is 135 Å². The number of alkyl halides is 1. The smallest absolute Gasteiger partial charge is 0.241 e. The molecule has 0 N–H and O–H groups in total. The lowest BCUT2D eigenvalue weighted by molar-refractivity contribution is -0.00104. The van der Waals surface area contributed by atoms with Crippen LogP contribution in [0, 0.1) is 0 Å². The van der Waals surface area contributed by atoms with Gasteiger partial charge in [0.2, 0.25) is 6.29 Å². The van der Waals surface area contributed by atoms with E-state index >= 15 is 0 Å². The summed E-state index contributed by atoms with van der Waals surface area (Å²) in [5.41, 5.74) is 1.30. The molecule has 21 heavy (non-hydrogen) atoms. The summed E-state index contributed by atoms with van der Waals surface area (Å²) in [6.45, 7) is 2.13. The molecule has 0 aliphatic carbocycles. The summed E-state index contributed by atoms with van der Waals surface area (Å²) < 4.78 is 11.9. The molecule has 0 aliphatic heterocycles. The second-order valence-corrected chi connectivity index (χ2v) is 5.64. The minimum absolute atomic E-state index is 0.251. The first-order valence-corrected chi connectivity index (χ1v) is 8.47. The van der Waals surface area contributed by atoms with Gasteiger partial charge in [0.05, 0.1) is 0 Å². The van der Waals surface area contributed by atoms with Gasteiger partial charge in [0.15, 0.2) is 0 Å². The van der Waals surface area contributed by atoms with Crippen molar-refractivity contribution in [3.63, 3.8) is 0 Å². The van der Waals surface area contributed by atoms with Crippen molar-refractivity contribution in [3.05, 3.63) is 60.2 Å². The van der Waals surface area contributed by atoms with Gasteiger partial charge >= 0.3 is 0 Å². The van der Waals surface area contributed by atoms with Crippen LogP contribution in [0.5, 0.6) is 11.5 Å². The Morgan fingerprint density at radius 2 is 1.52 bits per heavy atom. The van der Waals surface area contributed by atoms with Crippen LogP contribution in [-0.4, -0.2) is 11.6 Å². The second kappa shape index (κ2) is 8.73. The largest absolute Gasteiger partial charge is 0.455 e. The van der Waals surface area contributed by atoms with Crippen molar-refractivity contribution in [2.75, 3.05) is 5.33 Å². The third kappa shape index (κ3) is 5.43. The van der Waals surface area contributed by atoms with Crippen molar-refractivity contribution in [1.29, 1.82) is 0 Å². The zero-order valence-corrected chi connectivity index (χ0v) is 13.9. The van der Waals surface area contributed by atoms with Gasteiger partial charge in [-0.05, 0) is 42.7 Å². The van der Waals surface area contributed by atoms with E-state index in [0.29, 0.717) is 0 Å². The van der Waals surface area contributed by atoms with Gasteiger partial charge in [-0.25, -0.2) is 0 Å². The Morgan fingerprint density at radius 1 is 0.905 bits per heavy atom. The van der Waals surface area contributed by atoms with Crippen molar-refractivity contribution in [3.8, 4) is 11.5 Å². The van der Waals surface area contributed by atoms with Gasteiger partial charge in [0.1, 0.15) is 11.5 Å². The highest BCUT2D eigenvalue weighted by molar-refractivity contribution is 9.09. The molecule has 112 valence electrons. The monoisotopic (exact) mass is 348 g/mol. The van der Waals surface area contributed by atoms with Crippen molar-refractivity contribution in [2.24, 2.45) is 0 Å². The van der Waals surface area contributed by atoms with E-state index in [1.54, 1.807) is 0 Å². The number of hydrogen-bond donors (Lipinski definition) is 0. The molecule has 0 radical (unpaired) electrons. The summed E-state index contributed by atoms with van der Waals surface area (Å²) >= 11 is 3.45. The second-order valence-electron chi connectivity index (χ2n) is 4.85. The van der Waals surface area contributed by atoms with E-state index in [1.807, 2.05) is 42.5 Å². The van der Waals surface area contributed by atoms with Gasteiger partial charge in [-0.1, -0.05) is 53.2 Å². The van der Waals surface area contributed by atoms with E-state index in [9.17, 15) is 0 Å². The van der Waals surface area contributed by atoms with E-state index in [4.69, 9.17) is 9.47 Å². The molecule has 3 heteroatoms. The zero-order chi connectivity index (χ0) is 14.9. The summed E-state index contributed by atoms with van der Waals surface area (Å²) in [5, 5.41) is 0.975. The number of halogens is 1. The van der Waals surface area contributed by atoms with E-state index in [-0.39, 0.29) is 6.29 Å². The quantitative estimate of drug-likeness (QED) is 0.481. The molecule has 2 nitrogen and oxygen atoms in total. The van der Waals surface area contributed by atoms with Gasteiger partial charge < -0.3 is 9.47 Å². The molecule has 0 spiro atoms. The highest BCUT2D eigenvalue weighted by atomic mass is 79.9. The van der Waals surface area contributed by atoms with E-state index in [1.165, 1.54) is 5.56 Å². The average Bonchev–Trinajstić information content (AvgIpc) is 2.51. The molecule has 2 aromatic rings. The Bertz CT molecular complexity index is 511. The summed E-state index contributed by atoms with van der Waals surface area (Å²) in [7, 11) is 0. The lowest BCUT2D eigenvalue weighted by atomic mass is 10.2. The predicted molar refractivity (Wildman–Crippen MR) is 90.3 cm³/mol. The molecule has 0 aromatic heterocycles. The van der Waals surface area contributed by atoms with Gasteiger partial charge in [-0.2, -0.15) is 0 Å². The van der Waals surface area contributed by atoms with Crippen LogP contribution >= 0.6 is 15.9 Å². The predicted octanol–water partition coefficient (Wildman–Crippen LogP) is 5.21. The molecule has 0 bridgehead atoms. The van der Waals surface area contributed by atoms with Crippen LogP contribution in [0.1, 0.15) is 25.3 Å². The number of hydrogen-bond acceptors (Lipinski definition) is 2. The van der Waals surface area contributed by atoms with Crippen LogP contribution in [0.3, 0.4) is 0 Å². The minimum atomic E-state index is -0.251. The number of rotatable bonds is 8. The SMILES string of the molecule is CCCC(Oc1ccccc1)Oc1ccc(CCBr)cc1. The molecule has 0 saturated heterocycles. The maximum absolute atomic E-state index is 5.96. The molecule has 1 atom stereocenters. The topological polar surface area (TPSA) is 18.5 Å². The molecule has 0 amide bonds. The van der Waals surface area contributed by atoms with Gasteiger partial charge in [0.25, 0.3) is 0 Å². The number of benzene rings is 2. The third-order valence-electron chi connectivity index (χ3n) is 3.11. The van der Waals surface area contributed by atoms with Crippen molar-refractivity contribution >= 4 is 15.9 Å². The van der Waals surface area contributed by atoms with Crippen LogP contribution in [0.25, 0.3) is 0 Å². The molecular weight excluding hydrogens is 328 g/mol. The first-order chi connectivity index (χ1) is 10.3. The van der Waals surface area contributed by atoms with Crippen LogP contribution in [0.15, 0.2) is 54.6 Å². The molecule has 2 aromatic carbocycles. The third-order valence-corrected chi connectivity index (χ3v) is 3.51. The Balaban J connectivity index is 1.98. The molecule has 0 saturated carbocycles. The Hall–Kier alpha value is -1.48. The molecule has 0 fully saturated rings. The van der Waals surface area contributed by atoms with Gasteiger partial charge in [-0.15, -0.1) is 0 Å². The number of ether oxygens (including phenoxy) is 2. The van der Waals surface area contributed by atoms with Gasteiger partial charge in [0, 0.05) is 11.8 Å². The fourth-order valence-corrected chi connectivity index (χ4v) is 2.48. The number of para-hydroxylation sites is 1. The fourth-order valence-electron chi connectivity index (χ4n) is 2.02. The highest BCUT2D eigenvalue weighted by Gasteiger charge is 2.11. The molecule has 2 rings (SSSR count). The Morgan fingerprint density at radius 3 is 2.10 bits per heavy atom. The van der Waals surface area contributed by atoms with E-state index in [0.717, 1.165) is 36.1 Å². The summed E-state index contributed by atoms with van der Waals surface area (Å²) in [6.07, 6.45) is 2.65. The standard InChI is InChI=1S/C18H21BrO2/c1-2-6-18(20-16-7-4-3-5-8-16)21-17-11-9-15(10-12-17)13-14-19/h3-5,7-12,18H,2,6,13-14H2,1H3. The van der Waals surface area contributed by atoms with Crippen LogP contribution < -0.4 is 9.47 Å². The fraction of sp³-hybridized carbons (Fsp3) is 0.333. The van der Waals surface area contributed by atoms with Crippen LogP contribution in [0.2, 0.25) is 0 Å². The molecule has 0 aliphatic rings. The average molecular weight is 349 g/mol. The zero-order valence-electron chi connectivity index (χ0n) is 12.3. The lowest BCUT2D eigenvalue weighted by Crippen LogP contribution is -2.23. The van der Waals surface area contributed by atoms with Crippen molar-refractivity contribution in [2.45, 2.75) is 32.5 Å². The summed E-state index contributed by atoms with van der Waals surface area (Å²) in [5.74, 6) is 1.69. The number of aryl methyl sites for hydroxylation is 1. The van der Waals surface area contributed by atoms with Crippen LogP contribution in [-0.2, 0) is 6.42 Å². The summed E-state index contributed by atoms with van der Waals surface area (Å²) in [4.78, 5) is 0. The van der Waals surface area contributed by atoms with E-state index in [2.05, 4.69) is 35.0 Å². The minimum Gasteiger partial charge on any atom is -0.455 e.